The largest absolute Gasteiger partial charge is 0.385 e. The van der Waals surface area contributed by atoms with Gasteiger partial charge in [0.25, 0.3) is 0 Å². The van der Waals surface area contributed by atoms with Gasteiger partial charge < -0.3 is 19.7 Å². The molecule has 1 aliphatic rings. The van der Waals surface area contributed by atoms with Crippen LogP contribution in [0.15, 0.2) is 29.3 Å². The van der Waals surface area contributed by atoms with Crippen LogP contribution >= 0.6 is 24.0 Å². The average molecular weight is 465 g/mol. The fourth-order valence-electron chi connectivity index (χ4n) is 2.85. The summed E-state index contributed by atoms with van der Waals surface area (Å²) < 4.78 is 24.1. The molecule has 142 valence electrons. The Kier molecular flexibility index (Phi) is 11.0. The van der Waals surface area contributed by atoms with Crippen molar-refractivity contribution in [2.24, 2.45) is 4.99 Å². The van der Waals surface area contributed by atoms with Crippen molar-refractivity contribution in [2.45, 2.75) is 31.9 Å². The number of hydrogen-bond donors (Lipinski definition) is 1. The first-order valence-electron chi connectivity index (χ1n) is 8.53. The summed E-state index contributed by atoms with van der Waals surface area (Å²) in [4.78, 5) is 6.57. The standard InChI is InChI=1S/C18H28FN3O2.HI/c1-20-18(21-14-15-5-3-6-16(19)13-15)22-9-7-17(8-10-22)24-12-4-11-23-2;/h3,5-6,13,17H,4,7-12,14H2,1-2H3,(H,20,21);1H. The number of piperidine rings is 1. The molecule has 0 spiro atoms. The molecule has 1 heterocycles. The molecule has 5 nitrogen and oxygen atoms in total. The number of guanidine groups is 1. The van der Waals surface area contributed by atoms with Crippen LogP contribution in [0, 0.1) is 5.82 Å². The smallest absolute Gasteiger partial charge is 0.193 e. The Labute approximate surface area is 167 Å². The van der Waals surface area contributed by atoms with Crippen molar-refractivity contribution >= 4 is 29.9 Å². The SMILES string of the molecule is CN=C(NCc1cccc(F)c1)N1CCC(OCCCOC)CC1.I. The van der Waals surface area contributed by atoms with Crippen LogP contribution in [-0.2, 0) is 16.0 Å². The van der Waals surface area contributed by atoms with E-state index in [9.17, 15) is 4.39 Å². The summed E-state index contributed by atoms with van der Waals surface area (Å²) in [5.74, 6) is 0.646. The maximum atomic E-state index is 13.2. The molecule has 1 saturated heterocycles. The zero-order valence-corrected chi connectivity index (χ0v) is 17.4. The number of likely N-dealkylation sites (tertiary alicyclic amines) is 1. The molecule has 1 fully saturated rings. The molecule has 0 saturated carbocycles. The highest BCUT2D eigenvalue weighted by atomic mass is 127. The minimum atomic E-state index is -0.212. The van der Waals surface area contributed by atoms with Crippen LogP contribution in [0.4, 0.5) is 4.39 Å². The molecule has 0 atom stereocenters. The maximum Gasteiger partial charge on any atom is 0.193 e. The third kappa shape index (κ3) is 7.87. The molecule has 1 aliphatic heterocycles. The Bertz CT molecular complexity index is 523. The van der Waals surface area contributed by atoms with E-state index in [2.05, 4.69) is 15.2 Å². The van der Waals surface area contributed by atoms with E-state index in [1.54, 1.807) is 26.3 Å². The second-order valence-electron chi connectivity index (χ2n) is 5.93. The molecular weight excluding hydrogens is 436 g/mol. The lowest BCUT2D eigenvalue weighted by atomic mass is 10.1. The molecule has 0 unspecified atom stereocenters. The molecule has 7 heteroatoms. The number of methoxy groups -OCH3 is 1. The molecule has 0 amide bonds. The van der Waals surface area contributed by atoms with Gasteiger partial charge in [0.2, 0.25) is 0 Å². The van der Waals surface area contributed by atoms with Crippen molar-refractivity contribution in [3.63, 3.8) is 0 Å². The number of nitrogens with zero attached hydrogens (tertiary/aromatic N) is 2. The molecule has 1 aromatic rings. The summed E-state index contributed by atoms with van der Waals surface area (Å²) in [6.45, 7) is 3.90. The Morgan fingerprint density at radius 1 is 1.32 bits per heavy atom. The highest BCUT2D eigenvalue weighted by Gasteiger charge is 2.21. The van der Waals surface area contributed by atoms with Crippen molar-refractivity contribution < 1.29 is 13.9 Å². The Morgan fingerprint density at radius 3 is 2.72 bits per heavy atom. The van der Waals surface area contributed by atoms with Gasteiger partial charge in [-0.1, -0.05) is 12.1 Å². The summed E-state index contributed by atoms with van der Waals surface area (Å²) in [5, 5.41) is 3.31. The third-order valence-corrected chi connectivity index (χ3v) is 4.14. The van der Waals surface area contributed by atoms with Gasteiger partial charge in [0, 0.05) is 47.0 Å². The number of hydrogen-bond acceptors (Lipinski definition) is 3. The second kappa shape index (κ2) is 12.4. The minimum absolute atomic E-state index is 0. The van der Waals surface area contributed by atoms with Gasteiger partial charge in [0.05, 0.1) is 6.10 Å². The molecule has 0 aromatic heterocycles. The molecule has 1 aromatic carbocycles. The van der Waals surface area contributed by atoms with Crippen molar-refractivity contribution in [1.29, 1.82) is 0 Å². The van der Waals surface area contributed by atoms with E-state index >= 15 is 0 Å². The van der Waals surface area contributed by atoms with Gasteiger partial charge in [-0.3, -0.25) is 4.99 Å². The monoisotopic (exact) mass is 465 g/mol. The highest BCUT2D eigenvalue weighted by Crippen LogP contribution is 2.14. The van der Waals surface area contributed by atoms with Crippen LogP contribution in [0.25, 0.3) is 0 Å². The molecular formula is C18H29FIN3O2. The lowest BCUT2D eigenvalue weighted by Gasteiger charge is -2.34. The zero-order chi connectivity index (χ0) is 17.2. The normalized spacial score (nSPS) is 15.8. The molecule has 0 bridgehead atoms. The number of aliphatic imine (C=N–C) groups is 1. The summed E-state index contributed by atoms with van der Waals surface area (Å²) in [5.41, 5.74) is 0.910. The van der Waals surface area contributed by atoms with Gasteiger partial charge in [0.15, 0.2) is 5.96 Å². The van der Waals surface area contributed by atoms with Gasteiger partial charge in [-0.15, -0.1) is 24.0 Å². The molecule has 0 aliphatic carbocycles. The summed E-state index contributed by atoms with van der Waals surface area (Å²) in [6.07, 6.45) is 3.24. The molecule has 2 rings (SSSR count). The number of halogens is 2. The summed E-state index contributed by atoms with van der Waals surface area (Å²) >= 11 is 0. The average Bonchev–Trinajstić information content (AvgIpc) is 2.60. The van der Waals surface area contributed by atoms with Gasteiger partial charge in [-0.2, -0.15) is 0 Å². The molecule has 25 heavy (non-hydrogen) atoms. The number of benzene rings is 1. The maximum absolute atomic E-state index is 13.2. The molecule has 1 N–H and O–H groups in total. The number of rotatable bonds is 7. The van der Waals surface area contributed by atoms with E-state index in [1.165, 1.54) is 6.07 Å². The van der Waals surface area contributed by atoms with Crippen LogP contribution in [-0.4, -0.2) is 57.4 Å². The van der Waals surface area contributed by atoms with E-state index in [0.29, 0.717) is 12.6 Å². The van der Waals surface area contributed by atoms with Crippen LogP contribution in [0.2, 0.25) is 0 Å². The lowest BCUT2D eigenvalue weighted by Crippen LogP contribution is -2.46. The highest BCUT2D eigenvalue weighted by molar-refractivity contribution is 14.0. The van der Waals surface area contributed by atoms with Gasteiger partial charge in [-0.05, 0) is 37.0 Å². The topological polar surface area (TPSA) is 46.1 Å². The van der Waals surface area contributed by atoms with Crippen molar-refractivity contribution in [3.05, 3.63) is 35.6 Å². The van der Waals surface area contributed by atoms with Crippen molar-refractivity contribution in [3.8, 4) is 0 Å². The van der Waals surface area contributed by atoms with E-state index < -0.39 is 0 Å². The Morgan fingerprint density at radius 2 is 2.08 bits per heavy atom. The number of ether oxygens (including phenoxy) is 2. The van der Waals surface area contributed by atoms with Crippen molar-refractivity contribution in [2.75, 3.05) is 40.5 Å². The van der Waals surface area contributed by atoms with E-state index in [-0.39, 0.29) is 29.8 Å². The van der Waals surface area contributed by atoms with Crippen LogP contribution < -0.4 is 5.32 Å². The minimum Gasteiger partial charge on any atom is -0.385 e. The van der Waals surface area contributed by atoms with Crippen LogP contribution in [0.3, 0.4) is 0 Å². The number of nitrogens with one attached hydrogen (secondary N) is 1. The molecule has 0 radical (unpaired) electrons. The predicted molar refractivity (Wildman–Crippen MR) is 109 cm³/mol. The summed E-state index contributed by atoms with van der Waals surface area (Å²) in [7, 11) is 3.49. The van der Waals surface area contributed by atoms with Gasteiger partial charge in [-0.25, -0.2) is 4.39 Å². The van der Waals surface area contributed by atoms with Crippen molar-refractivity contribution in [1.82, 2.24) is 10.2 Å². The fourth-order valence-corrected chi connectivity index (χ4v) is 2.85. The quantitative estimate of drug-likeness (QED) is 0.291. The first-order valence-corrected chi connectivity index (χ1v) is 8.53. The fraction of sp³-hybridized carbons (Fsp3) is 0.611. The van der Waals surface area contributed by atoms with E-state index in [1.807, 2.05) is 6.07 Å². The van der Waals surface area contributed by atoms with E-state index in [0.717, 1.165) is 57.1 Å². The zero-order valence-electron chi connectivity index (χ0n) is 15.0. The second-order valence-corrected chi connectivity index (χ2v) is 5.93. The first-order chi connectivity index (χ1) is 11.7. The lowest BCUT2D eigenvalue weighted by molar-refractivity contribution is 0.00989. The van der Waals surface area contributed by atoms with Crippen LogP contribution in [0.1, 0.15) is 24.8 Å². The Hall–Kier alpha value is -0.930. The predicted octanol–water partition coefficient (Wildman–Crippen LogP) is 3.04. The Balaban J connectivity index is 0.00000312. The third-order valence-electron chi connectivity index (χ3n) is 4.14. The van der Waals surface area contributed by atoms with Gasteiger partial charge in [0.1, 0.15) is 5.82 Å². The first kappa shape index (κ1) is 22.1. The van der Waals surface area contributed by atoms with E-state index in [4.69, 9.17) is 9.47 Å². The summed E-state index contributed by atoms with van der Waals surface area (Å²) in [6, 6.07) is 6.63. The van der Waals surface area contributed by atoms with Gasteiger partial charge >= 0.3 is 0 Å². The van der Waals surface area contributed by atoms with Crippen LogP contribution in [0.5, 0.6) is 0 Å².